The minimum Gasteiger partial charge on any atom is -0.456 e. The number of rotatable bonds is 9. The Bertz CT molecular complexity index is 1530. The molecule has 3 fully saturated rings. The van der Waals surface area contributed by atoms with E-state index in [-0.39, 0.29) is 49.5 Å². The molecule has 3 N–H and O–H groups in total. The number of ether oxygens (including phenoxy) is 4. The third kappa shape index (κ3) is 12.9. The van der Waals surface area contributed by atoms with Crippen LogP contribution in [0.2, 0.25) is 0 Å². The van der Waals surface area contributed by atoms with Crippen LogP contribution < -0.4 is 0 Å². The molecule has 1 aliphatic carbocycles. The number of hydrogen-bond donors (Lipinski definition) is 3. The number of methoxy groups -OCH3 is 2. The highest BCUT2D eigenvalue weighted by molar-refractivity contribution is 6.39. The van der Waals surface area contributed by atoms with Gasteiger partial charge >= 0.3 is 5.97 Å². The molecule has 0 aromatic heterocycles. The molecule has 1 amide bonds. The van der Waals surface area contributed by atoms with Crippen molar-refractivity contribution in [3.8, 4) is 0 Å². The van der Waals surface area contributed by atoms with Gasteiger partial charge < -0.3 is 39.2 Å². The van der Waals surface area contributed by atoms with Crippen LogP contribution in [0, 0.1) is 35.5 Å². The molecule has 0 radical (unpaired) electrons. The lowest BCUT2D eigenvalue weighted by molar-refractivity contribution is -0.302. The summed E-state index contributed by atoms with van der Waals surface area (Å²) in [5.41, 5.74) is 1.71. The van der Waals surface area contributed by atoms with Crippen LogP contribution in [0.4, 0.5) is 0 Å². The lowest BCUT2D eigenvalue weighted by Crippen LogP contribution is -2.64. The van der Waals surface area contributed by atoms with Crippen molar-refractivity contribution in [3.63, 3.8) is 0 Å². The van der Waals surface area contributed by atoms with Gasteiger partial charge in [-0.25, -0.2) is 4.79 Å². The van der Waals surface area contributed by atoms with Gasteiger partial charge in [0, 0.05) is 44.9 Å². The Labute approximate surface area is 359 Å². The van der Waals surface area contributed by atoms with Crippen LogP contribution >= 0.6 is 0 Å². The average Bonchev–Trinajstić information content (AvgIpc) is 3.23. The van der Waals surface area contributed by atoms with Crippen molar-refractivity contribution < 1.29 is 53.4 Å². The zero-order chi connectivity index (χ0) is 44.3. The van der Waals surface area contributed by atoms with Crippen LogP contribution in [0.3, 0.4) is 0 Å². The maximum absolute atomic E-state index is 14.4. The van der Waals surface area contributed by atoms with Crippen molar-refractivity contribution in [2.24, 2.45) is 35.5 Å². The highest BCUT2D eigenvalue weighted by Gasteiger charge is 2.56. The van der Waals surface area contributed by atoms with Gasteiger partial charge in [0.2, 0.25) is 5.79 Å². The molecule has 0 aromatic rings. The number of carbonyl (C=O) groups excluding carboxylic acids is 4. The Balaban J connectivity index is 1.78. The molecule has 4 rings (SSSR count). The largest absolute Gasteiger partial charge is 0.456 e. The molecular weight excluding hydrogens is 767 g/mol. The van der Waals surface area contributed by atoms with E-state index in [1.807, 2.05) is 19.9 Å². The first kappa shape index (κ1) is 49.9. The maximum atomic E-state index is 14.4. The normalized spacial score (nSPS) is 39.0. The first-order valence-electron chi connectivity index (χ1n) is 22.8. The lowest BCUT2D eigenvalue weighted by Gasteiger charge is -2.47. The summed E-state index contributed by atoms with van der Waals surface area (Å²) in [5, 5.41) is 34.1. The summed E-state index contributed by atoms with van der Waals surface area (Å²) in [4.78, 5) is 58.3. The van der Waals surface area contributed by atoms with Gasteiger partial charge in [-0.1, -0.05) is 70.9 Å². The first-order chi connectivity index (χ1) is 28.4. The molecule has 0 spiro atoms. The minimum atomic E-state index is -2.50. The average molecular weight is 844 g/mol. The predicted molar refractivity (Wildman–Crippen MR) is 229 cm³/mol. The fraction of sp³-hybridized carbons (Fsp3) is 0.792. The molecular formula is C48H77NO11. The summed E-state index contributed by atoms with van der Waals surface area (Å²) < 4.78 is 24.4. The van der Waals surface area contributed by atoms with Gasteiger partial charge in [-0.05, 0) is 114 Å². The van der Waals surface area contributed by atoms with E-state index in [0.717, 1.165) is 31.3 Å². The monoisotopic (exact) mass is 844 g/mol. The van der Waals surface area contributed by atoms with Gasteiger partial charge in [0.1, 0.15) is 24.0 Å². The van der Waals surface area contributed by atoms with Gasteiger partial charge in [-0.15, -0.1) is 0 Å². The van der Waals surface area contributed by atoms with E-state index < -0.39 is 77.8 Å². The summed E-state index contributed by atoms with van der Waals surface area (Å²) in [6.45, 7) is 13.8. The second kappa shape index (κ2) is 23.1. The number of piperidine rings is 1. The van der Waals surface area contributed by atoms with E-state index in [1.54, 1.807) is 28.1 Å². The molecule has 3 heterocycles. The molecule has 340 valence electrons. The molecule has 0 aromatic carbocycles. The zero-order valence-corrected chi connectivity index (χ0v) is 38.0. The molecule has 12 heteroatoms. The smallest absolute Gasteiger partial charge is 0.329 e. The van der Waals surface area contributed by atoms with Crippen molar-refractivity contribution in [3.05, 3.63) is 35.5 Å². The van der Waals surface area contributed by atoms with Crippen molar-refractivity contribution in [1.82, 2.24) is 4.90 Å². The zero-order valence-electron chi connectivity index (χ0n) is 38.0. The number of carbonyl (C=O) groups is 4. The molecule has 12 nitrogen and oxygen atoms in total. The number of hydrogen-bond acceptors (Lipinski definition) is 11. The maximum Gasteiger partial charge on any atom is 0.329 e. The van der Waals surface area contributed by atoms with Gasteiger partial charge in [0.15, 0.2) is 0 Å². The topological polar surface area (TPSA) is 169 Å². The molecule has 1 unspecified atom stereocenters. The standard InChI is InChI=1S/C48H77NO11/c1-10-29(2)15-11-12-16-36-24-30(3)23-31(4)25-41(57-8)44-42(58-9)27-33(6)48(56,60-44)45(53)46(54)49-22-14-13-17-38(49)47(55)59-43(34(7)39(51)28-40(36)52)32(5)26-35-18-20-37(50)21-19-35/h11-12,24,26,29,31,33-39,41-44,50-51,56H,10,13-23,25,27-28H2,1-9H3/b12-11+,30-24+,32-26+/t29?,31-,33+,34+,35-,36+,37-,38-,39-,41-,42-,43+,44+,48+/m0/s1. The third-order valence-electron chi connectivity index (χ3n) is 13.9. The van der Waals surface area contributed by atoms with Gasteiger partial charge in [0.25, 0.3) is 11.7 Å². The number of esters is 1. The molecule has 12 atom stereocenters. The van der Waals surface area contributed by atoms with Gasteiger partial charge in [-0.2, -0.15) is 0 Å². The lowest BCUT2D eigenvalue weighted by atomic mass is 9.82. The number of allylic oxidation sites excluding steroid dienone is 5. The number of amides is 1. The Kier molecular flexibility index (Phi) is 19.2. The summed E-state index contributed by atoms with van der Waals surface area (Å²) in [7, 11) is 3.09. The molecule has 2 saturated heterocycles. The number of Topliss-reactive ketones (excluding diaryl/α,β-unsaturated/α-hetero) is 2. The summed E-state index contributed by atoms with van der Waals surface area (Å²) in [5.74, 6) is -6.85. The second-order valence-electron chi connectivity index (χ2n) is 18.9. The summed E-state index contributed by atoms with van der Waals surface area (Å²) >= 11 is 0. The van der Waals surface area contributed by atoms with E-state index in [0.29, 0.717) is 56.4 Å². The summed E-state index contributed by atoms with van der Waals surface area (Å²) in [6.07, 6.45) is 11.6. The molecule has 4 aliphatic rings. The van der Waals surface area contributed by atoms with Crippen LogP contribution in [0.1, 0.15) is 138 Å². The molecule has 1 saturated carbocycles. The molecule has 60 heavy (non-hydrogen) atoms. The van der Waals surface area contributed by atoms with E-state index in [4.69, 9.17) is 18.9 Å². The van der Waals surface area contributed by atoms with Crippen molar-refractivity contribution in [1.29, 1.82) is 0 Å². The Hall–Kier alpha value is -2.74. The fourth-order valence-electron chi connectivity index (χ4n) is 9.70. The van der Waals surface area contributed by atoms with Crippen LogP contribution in [0.15, 0.2) is 35.5 Å². The number of aliphatic hydroxyl groups is 3. The number of aliphatic hydroxyl groups excluding tert-OH is 2. The first-order valence-corrected chi connectivity index (χ1v) is 22.8. The SMILES string of the molecule is CCC(C)C/C=C/C[C@@H]1/C=C(\C)C[C@H](C)C[C@H](OC)[C@H]2O[C@@](O)(C(=O)C(=O)N3CCCC[C@H]3C(=O)O[C@H](/C(C)=C/[C@H]3CC[C@H](O)CC3)[C@H](C)[C@@H](O)CC1=O)[C@H](C)C[C@@H]2OC. The van der Waals surface area contributed by atoms with Gasteiger partial charge in [-0.3, -0.25) is 14.4 Å². The third-order valence-corrected chi connectivity index (χ3v) is 13.9. The van der Waals surface area contributed by atoms with E-state index in [1.165, 1.54) is 4.90 Å². The molecule has 3 aliphatic heterocycles. The predicted octanol–water partition coefficient (Wildman–Crippen LogP) is 6.82. The van der Waals surface area contributed by atoms with Crippen molar-refractivity contribution in [2.45, 2.75) is 187 Å². The quantitative estimate of drug-likeness (QED) is 0.127. The van der Waals surface area contributed by atoms with Crippen LogP contribution in [-0.4, -0.2) is 113 Å². The summed E-state index contributed by atoms with van der Waals surface area (Å²) in [6, 6.07) is -1.12. The molecule has 2 bridgehead atoms. The number of cyclic esters (lactones) is 1. The van der Waals surface area contributed by atoms with Crippen LogP contribution in [0.5, 0.6) is 0 Å². The van der Waals surface area contributed by atoms with Crippen molar-refractivity contribution in [2.75, 3.05) is 20.8 Å². The highest BCUT2D eigenvalue weighted by atomic mass is 16.7. The Morgan fingerprint density at radius 3 is 2.28 bits per heavy atom. The van der Waals surface area contributed by atoms with Gasteiger partial charge in [0.05, 0.1) is 24.4 Å². The number of fused-ring (bicyclic) bond motifs is 3. The Morgan fingerprint density at radius 1 is 0.967 bits per heavy atom. The highest BCUT2D eigenvalue weighted by Crippen LogP contribution is 2.39. The van der Waals surface area contributed by atoms with E-state index in [9.17, 15) is 34.5 Å². The van der Waals surface area contributed by atoms with E-state index >= 15 is 0 Å². The van der Waals surface area contributed by atoms with Crippen LogP contribution in [0.25, 0.3) is 0 Å². The van der Waals surface area contributed by atoms with Crippen molar-refractivity contribution >= 4 is 23.4 Å². The second-order valence-corrected chi connectivity index (χ2v) is 18.9. The Morgan fingerprint density at radius 2 is 1.63 bits per heavy atom. The van der Waals surface area contributed by atoms with E-state index in [2.05, 4.69) is 39.0 Å². The fourth-order valence-corrected chi connectivity index (χ4v) is 9.70. The minimum absolute atomic E-state index is 0.0220. The number of ketones is 2. The number of nitrogens with zero attached hydrogens (tertiary/aromatic N) is 1. The van der Waals surface area contributed by atoms with Crippen LogP contribution in [-0.2, 0) is 38.1 Å².